The molecule has 1 saturated heterocycles. The number of nitrogen functional groups attached to an aromatic ring is 1. The molecule has 0 amide bonds. The number of pyridine rings is 1. The summed E-state index contributed by atoms with van der Waals surface area (Å²) < 4.78 is 0. The van der Waals surface area contributed by atoms with Gasteiger partial charge in [0.15, 0.2) is 0 Å². The van der Waals surface area contributed by atoms with Gasteiger partial charge in [0.2, 0.25) is 0 Å². The fourth-order valence-corrected chi connectivity index (χ4v) is 3.58. The molecule has 0 spiro atoms. The summed E-state index contributed by atoms with van der Waals surface area (Å²) in [6.07, 6.45) is 8.37. The summed E-state index contributed by atoms with van der Waals surface area (Å²) in [6.45, 7) is 4.51. The monoisotopic (exact) mass is 283 g/mol. The number of anilines is 2. The Bertz CT molecular complexity index is 608. The average molecular weight is 283 g/mol. The molecule has 1 aromatic carbocycles. The van der Waals surface area contributed by atoms with Crippen LogP contribution in [0, 0.1) is 5.92 Å². The number of benzene rings is 1. The fraction of sp³-hybridized carbons (Fsp3) is 0.500. The second-order valence-electron chi connectivity index (χ2n) is 6.15. The zero-order valence-corrected chi connectivity index (χ0v) is 12.9. The molecule has 0 aliphatic carbocycles. The van der Waals surface area contributed by atoms with Gasteiger partial charge in [0, 0.05) is 18.5 Å². The van der Waals surface area contributed by atoms with Gasteiger partial charge in [0.1, 0.15) is 0 Å². The van der Waals surface area contributed by atoms with Crippen molar-refractivity contribution in [2.24, 2.45) is 5.92 Å². The van der Waals surface area contributed by atoms with Crippen molar-refractivity contribution in [2.75, 3.05) is 23.7 Å². The van der Waals surface area contributed by atoms with Gasteiger partial charge in [-0.1, -0.05) is 38.0 Å². The summed E-state index contributed by atoms with van der Waals surface area (Å²) >= 11 is 0. The largest absolute Gasteiger partial charge is 0.396 e. The van der Waals surface area contributed by atoms with Gasteiger partial charge in [-0.25, -0.2) is 0 Å². The third-order valence-corrected chi connectivity index (χ3v) is 4.64. The number of rotatable bonds is 3. The van der Waals surface area contributed by atoms with E-state index in [4.69, 9.17) is 5.73 Å². The molecule has 2 aromatic rings. The van der Waals surface area contributed by atoms with Gasteiger partial charge >= 0.3 is 0 Å². The van der Waals surface area contributed by atoms with E-state index >= 15 is 0 Å². The van der Waals surface area contributed by atoms with Gasteiger partial charge in [-0.3, -0.25) is 4.98 Å². The number of nitrogens with zero attached hydrogens (tertiary/aromatic N) is 2. The molecule has 1 atom stereocenters. The van der Waals surface area contributed by atoms with Crippen molar-refractivity contribution < 1.29 is 0 Å². The summed E-state index contributed by atoms with van der Waals surface area (Å²) in [4.78, 5) is 6.93. The summed E-state index contributed by atoms with van der Waals surface area (Å²) in [7, 11) is 0. The molecule has 1 unspecified atom stereocenters. The van der Waals surface area contributed by atoms with E-state index in [9.17, 15) is 0 Å². The van der Waals surface area contributed by atoms with Crippen molar-refractivity contribution in [1.82, 2.24) is 4.98 Å². The van der Waals surface area contributed by atoms with Crippen LogP contribution in [0.1, 0.15) is 39.0 Å². The van der Waals surface area contributed by atoms with Gasteiger partial charge in [-0.15, -0.1) is 0 Å². The Balaban J connectivity index is 1.91. The van der Waals surface area contributed by atoms with Crippen LogP contribution in [0.2, 0.25) is 0 Å². The molecule has 1 aliphatic heterocycles. The minimum atomic E-state index is 0.808. The van der Waals surface area contributed by atoms with Crippen molar-refractivity contribution in [3.8, 4) is 0 Å². The van der Waals surface area contributed by atoms with E-state index in [0.29, 0.717) is 0 Å². The van der Waals surface area contributed by atoms with E-state index < -0.39 is 0 Å². The Morgan fingerprint density at radius 1 is 1.24 bits per heavy atom. The zero-order valence-electron chi connectivity index (χ0n) is 12.9. The van der Waals surface area contributed by atoms with E-state index in [1.54, 1.807) is 0 Å². The lowest BCUT2D eigenvalue weighted by Crippen LogP contribution is -2.25. The number of aromatic nitrogens is 1. The first-order valence-electron chi connectivity index (χ1n) is 8.17. The zero-order chi connectivity index (χ0) is 14.7. The van der Waals surface area contributed by atoms with Crippen molar-refractivity contribution in [3.63, 3.8) is 0 Å². The summed E-state index contributed by atoms with van der Waals surface area (Å²) in [6, 6.07) is 8.32. The molecule has 0 radical (unpaired) electrons. The first-order chi connectivity index (χ1) is 10.3. The number of para-hydroxylation sites is 1. The Morgan fingerprint density at radius 3 is 2.95 bits per heavy atom. The lowest BCUT2D eigenvalue weighted by molar-refractivity contribution is 0.435. The number of hydrogen-bond acceptors (Lipinski definition) is 3. The van der Waals surface area contributed by atoms with Crippen LogP contribution in [0.4, 0.5) is 11.4 Å². The highest BCUT2D eigenvalue weighted by Crippen LogP contribution is 2.34. The van der Waals surface area contributed by atoms with Gasteiger partial charge in [-0.05, 0) is 31.2 Å². The lowest BCUT2D eigenvalue weighted by Gasteiger charge is -2.26. The third-order valence-electron chi connectivity index (χ3n) is 4.64. The Hall–Kier alpha value is -1.77. The topological polar surface area (TPSA) is 42.1 Å². The fourth-order valence-electron chi connectivity index (χ4n) is 3.58. The number of nitrogens with two attached hydrogens (primary N) is 1. The minimum absolute atomic E-state index is 0.808. The van der Waals surface area contributed by atoms with Crippen LogP contribution in [0.15, 0.2) is 30.5 Å². The second-order valence-corrected chi connectivity index (χ2v) is 6.15. The molecule has 3 nitrogen and oxygen atoms in total. The van der Waals surface area contributed by atoms with Crippen molar-refractivity contribution in [3.05, 3.63) is 30.5 Å². The number of fused-ring (bicyclic) bond motifs is 1. The third kappa shape index (κ3) is 2.97. The van der Waals surface area contributed by atoms with Crippen molar-refractivity contribution in [1.29, 1.82) is 0 Å². The molecule has 112 valence electrons. The van der Waals surface area contributed by atoms with Crippen LogP contribution in [0.25, 0.3) is 10.9 Å². The molecule has 1 aliphatic rings. The molecule has 21 heavy (non-hydrogen) atoms. The van der Waals surface area contributed by atoms with E-state index in [2.05, 4.69) is 35.0 Å². The predicted octanol–water partition coefficient (Wildman–Crippen LogP) is 4.22. The molecular formula is C18H25N3. The van der Waals surface area contributed by atoms with Gasteiger partial charge in [0.25, 0.3) is 0 Å². The van der Waals surface area contributed by atoms with Crippen LogP contribution in [-0.4, -0.2) is 18.1 Å². The van der Waals surface area contributed by atoms with E-state index in [0.717, 1.165) is 30.2 Å². The van der Waals surface area contributed by atoms with Crippen LogP contribution < -0.4 is 10.6 Å². The molecule has 1 aromatic heterocycles. The highest BCUT2D eigenvalue weighted by atomic mass is 15.1. The molecule has 1 fully saturated rings. The van der Waals surface area contributed by atoms with Gasteiger partial charge in [-0.2, -0.15) is 0 Å². The van der Waals surface area contributed by atoms with Crippen LogP contribution in [-0.2, 0) is 0 Å². The second kappa shape index (κ2) is 6.33. The smallest absolute Gasteiger partial charge is 0.0745 e. The Labute approximate surface area is 127 Å². The molecule has 0 saturated carbocycles. The van der Waals surface area contributed by atoms with Crippen LogP contribution in [0.3, 0.4) is 0 Å². The van der Waals surface area contributed by atoms with E-state index in [-0.39, 0.29) is 0 Å². The first-order valence-corrected chi connectivity index (χ1v) is 8.17. The highest BCUT2D eigenvalue weighted by molar-refractivity contribution is 5.97. The normalized spacial score (nSPS) is 19.7. The molecule has 2 heterocycles. The van der Waals surface area contributed by atoms with Crippen LogP contribution >= 0.6 is 0 Å². The summed E-state index contributed by atoms with van der Waals surface area (Å²) in [5.41, 5.74) is 9.30. The molecular weight excluding hydrogens is 258 g/mol. The molecule has 3 rings (SSSR count). The Kier molecular flexibility index (Phi) is 4.28. The molecule has 0 bridgehead atoms. The van der Waals surface area contributed by atoms with E-state index in [1.807, 2.05) is 12.3 Å². The maximum atomic E-state index is 6.26. The van der Waals surface area contributed by atoms with E-state index in [1.165, 1.54) is 43.2 Å². The highest BCUT2D eigenvalue weighted by Gasteiger charge is 2.20. The average Bonchev–Trinajstić information content (AvgIpc) is 2.73. The molecule has 2 N–H and O–H groups in total. The summed E-state index contributed by atoms with van der Waals surface area (Å²) in [5.74, 6) is 0.884. The minimum Gasteiger partial charge on any atom is -0.396 e. The maximum absolute atomic E-state index is 6.26. The first kappa shape index (κ1) is 14.2. The van der Waals surface area contributed by atoms with Gasteiger partial charge in [0.05, 0.1) is 23.1 Å². The predicted molar refractivity (Wildman–Crippen MR) is 90.6 cm³/mol. The van der Waals surface area contributed by atoms with Gasteiger partial charge < -0.3 is 10.6 Å². The Morgan fingerprint density at radius 2 is 2.10 bits per heavy atom. The standard InChI is InChI=1S/C18H25N3/c1-2-6-14-7-5-11-21(12-10-14)18-15-8-3-4-9-17(15)20-13-16(18)19/h3-4,8-9,13-14H,2,5-7,10-12,19H2,1H3. The van der Waals surface area contributed by atoms with Crippen LogP contribution in [0.5, 0.6) is 0 Å². The van der Waals surface area contributed by atoms with Crippen molar-refractivity contribution in [2.45, 2.75) is 39.0 Å². The summed E-state index contributed by atoms with van der Waals surface area (Å²) in [5, 5.41) is 1.19. The quantitative estimate of drug-likeness (QED) is 0.917. The lowest BCUT2D eigenvalue weighted by atomic mass is 9.96. The number of hydrogen-bond donors (Lipinski definition) is 1. The SMILES string of the molecule is CCCC1CCCN(c2c(N)cnc3ccccc23)CC1. The molecule has 3 heteroatoms. The van der Waals surface area contributed by atoms with Crippen molar-refractivity contribution >= 4 is 22.3 Å². The maximum Gasteiger partial charge on any atom is 0.0745 e.